The fourth-order valence-corrected chi connectivity index (χ4v) is 6.80. The van der Waals surface area contributed by atoms with Crippen LogP contribution in [0.2, 0.25) is 0 Å². The zero-order valence-corrected chi connectivity index (χ0v) is 21.2. The fraction of sp³-hybridized carbons (Fsp3) is 0.679. The van der Waals surface area contributed by atoms with Gasteiger partial charge in [0.2, 0.25) is 0 Å². The van der Waals surface area contributed by atoms with Crippen molar-refractivity contribution < 1.29 is 10.2 Å². The average molecular weight is 467 g/mol. The van der Waals surface area contributed by atoms with E-state index in [4.69, 9.17) is 0 Å². The van der Waals surface area contributed by atoms with Crippen molar-refractivity contribution in [3.63, 3.8) is 0 Å². The van der Waals surface area contributed by atoms with Gasteiger partial charge in [0.15, 0.2) is 0 Å². The highest BCUT2D eigenvalue weighted by Gasteiger charge is 2.59. The normalized spacial score (nSPS) is 30.8. The van der Waals surface area contributed by atoms with Gasteiger partial charge in [0, 0.05) is 37.3 Å². The summed E-state index contributed by atoms with van der Waals surface area (Å²) in [6, 6.07) is 5.85. The van der Waals surface area contributed by atoms with E-state index in [0.29, 0.717) is 5.75 Å². The Balaban J connectivity index is 1.39. The second-order valence-corrected chi connectivity index (χ2v) is 11.3. The van der Waals surface area contributed by atoms with Gasteiger partial charge < -0.3 is 15.1 Å². The zero-order chi connectivity index (χ0) is 23.9. The van der Waals surface area contributed by atoms with Crippen molar-refractivity contribution in [1.82, 2.24) is 19.6 Å². The Morgan fingerprint density at radius 2 is 1.82 bits per heavy atom. The highest BCUT2D eigenvalue weighted by Crippen LogP contribution is 2.53. The number of aryl methyl sites for hydroxylation is 3. The summed E-state index contributed by atoms with van der Waals surface area (Å²) in [5.41, 5.74) is 2.40. The predicted octanol–water partition coefficient (Wildman–Crippen LogP) is 3.86. The van der Waals surface area contributed by atoms with Crippen LogP contribution in [0.1, 0.15) is 62.1 Å². The second kappa shape index (κ2) is 9.29. The average Bonchev–Trinajstić information content (AvgIpc) is 3.56. The Bertz CT molecular complexity index is 1000. The lowest BCUT2D eigenvalue weighted by Gasteiger charge is -2.58. The number of aromatic hydroxyl groups is 1. The molecule has 1 aromatic carbocycles. The summed E-state index contributed by atoms with van der Waals surface area (Å²) < 4.78 is 2.04. The summed E-state index contributed by atoms with van der Waals surface area (Å²) in [6.45, 7) is 12.4. The first-order chi connectivity index (χ1) is 16.3. The minimum absolute atomic E-state index is 0.107. The van der Waals surface area contributed by atoms with Crippen LogP contribution in [0, 0.1) is 19.8 Å². The van der Waals surface area contributed by atoms with Gasteiger partial charge in [0.05, 0.1) is 11.8 Å². The van der Waals surface area contributed by atoms with Crippen molar-refractivity contribution in [2.45, 2.75) is 82.9 Å². The van der Waals surface area contributed by atoms with Crippen LogP contribution in [0.15, 0.2) is 30.6 Å². The summed E-state index contributed by atoms with van der Waals surface area (Å²) in [6.07, 6.45) is 10.4. The first-order valence-corrected chi connectivity index (χ1v) is 13.3. The van der Waals surface area contributed by atoms with Gasteiger partial charge in [-0.3, -0.25) is 9.58 Å². The van der Waals surface area contributed by atoms with Crippen LogP contribution >= 0.6 is 0 Å². The maximum absolute atomic E-state index is 12.6. The number of hydrogen-bond donors (Lipinski definition) is 2. The third-order valence-corrected chi connectivity index (χ3v) is 9.11. The maximum atomic E-state index is 12.6. The van der Waals surface area contributed by atoms with Crippen molar-refractivity contribution in [2.75, 3.05) is 32.7 Å². The zero-order valence-electron chi connectivity index (χ0n) is 21.2. The molecule has 0 spiro atoms. The molecule has 1 aromatic heterocycles. The molecule has 2 N–H and O–H groups in total. The summed E-state index contributed by atoms with van der Waals surface area (Å²) in [7, 11) is 0. The molecule has 0 radical (unpaired) electrons. The molecule has 2 aliphatic heterocycles. The SMILES string of the molecule is Cc1cnn(CCCN2CCC3(c4cc(O)ccc4C)CCN(CC4CC4)C(C)C3(O)CC2)c1. The molecule has 6 heteroatoms. The number of hydrogen-bond acceptors (Lipinski definition) is 5. The largest absolute Gasteiger partial charge is 0.508 e. The van der Waals surface area contributed by atoms with Gasteiger partial charge in [-0.15, -0.1) is 0 Å². The standard InChI is InChI=1S/C28H42N4O2/c1-21-18-29-32(19-21)13-4-12-30-14-9-27(26-17-25(33)8-5-22(26)2)10-16-31(20-24-6-7-24)23(3)28(27,34)11-15-30/h5,8,17-19,23-24,33-34H,4,6-7,9-16,20H2,1-3H3. The number of aromatic nitrogens is 2. The molecular weight excluding hydrogens is 424 g/mol. The molecule has 6 nitrogen and oxygen atoms in total. The van der Waals surface area contributed by atoms with Gasteiger partial charge in [-0.2, -0.15) is 5.10 Å². The molecule has 186 valence electrons. The summed E-state index contributed by atoms with van der Waals surface area (Å²) >= 11 is 0. The second-order valence-electron chi connectivity index (χ2n) is 11.3. The lowest BCUT2D eigenvalue weighted by atomic mass is 9.57. The minimum Gasteiger partial charge on any atom is -0.508 e. The van der Waals surface area contributed by atoms with Gasteiger partial charge in [0.25, 0.3) is 0 Å². The predicted molar refractivity (Wildman–Crippen MR) is 135 cm³/mol. The van der Waals surface area contributed by atoms with E-state index in [2.05, 4.69) is 41.9 Å². The molecule has 2 aromatic rings. The van der Waals surface area contributed by atoms with E-state index in [9.17, 15) is 10.2 Å². The van der Waals surface area contributed by atoms with E-state index in [1.165, 1.54) is 24.0 Å². The Hall–Kier alpha value is -1.89. The van der Waals surface area contributed by atoms with Gasteiger partial charge >= 0.3 is 0 Å². The van der Waals surface area contributed by atoms with Crippen LogP contribution < -0.4 is 0 Å². The van der Waals surface area contributed by atoms with Gasteiger partial charge in [-0.25, -0.2) is 0 Å². The molecule has 34 heavy (non-hydrogen) atoms. The highest BCUT2D eigenvalue weighted by atomic mass is 16.3. The van der Waals surface area contributed by atoms with Crippen molar-refractivity contribution in [3.8, 4) is 5.75 Å². The molecule has 0 amide bonds. The van der Waals surface area contributed by atoms with Crippen LogP contribution in [-0.2, 0) is 12.0 Å². The number of piperidine rings is 1. The van der Waals surface area contributed by atoms with Crippen LogP contribution in [0.5, 0.6) is 5.75 Å². The molecule has 3 atom stereocenters. The third-order valence-electron chi connectivity index (χ3n) is 9.11. The van der Waals surface area contributed by atoms with Crippen molar-refractivity contribution in [2.24, 2.45) is 5.92 Å². The number of rotatable bonds is 7. The quantitative estimate of drug-likeness (QED) is 0.649. The molecule has 3 fully saturated rings. The van der Waals surface area contributed by atoms with Crippen LogP contribution in [0.4, 0.5) is 0 Å². The Morgan fingerprint density at radius 1 is 1.06 bits per heavy atom. The van der Waals surface area contributed by atoms with Gasteiger partial charge in [-0.05, 0) is 114 Å². The summed E-state index contributed by atoms with van der Waals surface area (Å²) in [5, 5.41) is 27.5. The molecule has 2 saturated heterocycles. The van der Waals surface area contributed by atoms with E-state index in [-0.39, 0.29) is 11.5 Å². The van der Waals surface area contributed by atoms with Crippen LogP contribution in [0.3, 0.4) is 0 Å². The lowest BCUT2D eigenvalue weighted by Crippen LogP contribution is -2.68. The number of phenolic OH excluding ortho intramolecular Hbond substituents is 1. The first-order valence-electron chi connectivity index (χ1n) is 13.3. The molecule has 1 saturated carbocycles. The molecule has 1 aliphatic carbocycles. The van der Waals surface area contributed by atoms with Crippen molar-refractivity contribution >= 4 is 0 Å². The minimum atomic E-state index is -0.813. The number of fused-ring (bicyclic) bond motifs is 1. The maximum Gasteiger partial charge on any atom is 0.115 e. The lowest BCUT2D eigenvalue weighted by molar-refractivity contribution is -0.136. The van der Waals surface area contributed by atoms with E-state index < -0.39 is 5.60 Å². The fourth-order valence-electron chi connectivity index (χ4n) is 6.80. The number of likely N-dealkylation sites (tertiary alicyclic amines) is 2. The van der Waals surface area contributed by atoms with E-state index in [0.717, 1.165) is 76.4 Å². The number of phenols is 1. The molecule has 5 rings (SSSR count). The number of nitrogens with zero attached hydrogens (tertiary/aromatic N) is 4. The molecule has 3 heterocycles. The summed E-state index contributed by atoms with van der Waals surface area (Å²) in [5.74, 6) is 1.12. The summed E-state index contributed by atoms with van der Waals surface area (Å²) in [4.78, 5) is 5.11. The van der Waals surface area contributed by atoms with Crippen molar-refractivity contribution in [1.29, 1.82) is 0 Å². The molecule has 0 bridgehead atoms. The first kappa shape index (κ1) is 23.8. The smallest absolute Gasteiger partial charge is 0.115 e. The molecular formula is C28H42N4O2. The van der Waals surface area contributed by atoms with Crippen LogP contribution in [0.25, 0.3) is 0 Å². The van der Waals surface area contributed by atoms with Gasteiger partial charge in [-0.1, -0.05) is 6.07 Å². The van der Waals surface area contributed by atoms with E-state index >= 15 is 0 Å². The van der Waals surface area contributed by atoms with E-state index in [1.54, 1.807) is 6.07 Å². The van der Waals surface area contributed by atoms with E-state index in [1.807, 2.05) is 23.0 Å². The Labute approximate surface area is 204 Å². The Kier molecular flexibility index (Phi) is 6.51. The van der Waals surface area contributed by atoms with Crippen molar-refractivity contribution in [3.05, 3.63) is 47.3 Å². The number of aliphatic hydroxyl groups is 1. The molecule has 3 aliphatic rings. The van der Waals surface area contributed by atoms with Crippen LogP contribution in [-0.4, -0.2) is 74.2 Å². The highest BCUT2D eigenvalue weighted by molar-refractivity contribution is 5.43. The molecule has 3 unspecified atom stereocenters. The topological polar surface area (TPSA) is 64.8 Å². The Morgan fingerprint density at radius 3 is 2.56 bits per heavy atom. The van der Waals surface area contributed by atoms with Gasteiger partial charge in [0.1, 0.15) is 5.75 Å². The monoisotopic (exact) mass is 466 g/mol. The number of benzene rings is 1. The third kappa shape index (κ3) is 4.40.